The van der Waals surface area contributed by atoms with Crippen molar-refractivity contribution in [2.45, 2.75) is 70.9 Å². The number of anilines is 5. The summed E-state index contributed by atoms with van der Waals surface area (Å²) in [6.07, 6.45) is 7.60. The third-order valence-corrected chi connectivity index (χ3v) is 12.6. The second kappa shape index (κ2) is 15.4. The average molecular weight is 771 g/mol. The second-order valence-electron chi connectivity index (χ2n) is 16.4. The summed E-state index contributed by atoms with van der Waals surface area (Å²) in [4.78, 5) is 41.4. The van der Waals surface area contributed by atoms with Crippen molar-refractivity contribution in [3.63, 3.8) is 0 Å². The first-order valence-corrected chi connectivity index (χ1v) is 20.5. The van der Waals surface area contributed by atoms with E-state index in [4.69, 9.17) is 10.1 Å². The minimum Gasteiger partial charge on any atom is -0.369 e. The number of carbonyl (C=O) groups is 2. The van der Waals surface area contributed by atoms with Crippen LogP contribution in [0.25, 0.3) is 11.0 Å². The number of nitrogens with zero attached hydrogens (tertiary/aromatic N) is 7. The van der Waals surface area contributed by atoms with Crippen LogP contribution in [0.2, 0.25) is 0 Å². The van der Waals surface area contributed by atoms with E-state index in [0.29, 0.717) is 48.5 Å². The highest BCUT2D eigenvalue weighted by atomic mass is 19.1. The van der Waals surface area contributed by atoms with Crippen LogP contribution in [0, 0.1) is 25.6 Å². The third kappa shape index (κ3) is 7.40. The number of para-hydroxylation sites is 1. The molecule has 1 atom stereocenters. The van der Waals surface area contributed by atoms with E-state index in [1.54, 1.807) is 9.58 Å². The topological polar surface area (TPSA) is 124 Å². The van der Waals surface area contributed by atoms with E-state index in [9.17, 15) is 9.59 Å². The zero-order valence-electron chi connectivity index (χ0n) is 33.0. The monoisotopic (exact) mass is 770 g/mol. The number of piperidine rings is 3. The molecule has 5 aromatic rings. The summed E-state index contributed by atoms with van der Waals surface area (Å²) >= 11 is 0. The van der Waals surface area contributed by atoms with Gasteiger partial charge in [-0.05, 0) is 124 Å². The molecule has 3 aromatic carbocycles. The van der Waals surface area contributed by atoms with Gasteiger partial charge < -0.3 is 30.7 Å². The predicted molar refractivity (Wildman–Crippen MR) is 221 cm³/mol. The van der Waals surface area contributed by atoms with E-state index in [0.717, 1.165) is 110 Å². The fourth-order valence-corrected chi connectivity index (χ4v) is 9.35. The van der Waals surface area contributed by atoms with Crippen molar-refractivity contribution in [2.24, 2.45) is 13.0 Å². The summed E-state index contributed by atoms with van der Waals surface area (Å²) in [6.45, 7) is 10.0. The average Bonchev–Trinajstić information content (AvgIpc) is 3.71. The standard InChI is InChI=1S/C44H51FN10O2/c1-27-6-4-7-28(2)39(27)49-40-35-24-47-44(50-41(35)52(3)51-40)48-33-11-9-30(10-12-33)31-15-18-53(19-16-31)25-29-13-20-54(21-14-29)38-22-32-26-55(37-8-5-17-46-42(37)56)43(57)34(32)23-36(38)45/h4,6-7,9-12,22-24,29,31,37H,5,8,13-21,25-26H2,1-3H3,(H,46,56)(H,49,51)(H,47,48,50). The maximum atomic E-state index is 15.4. The lowest BCUT2D eigenvalue weighted by Gasteiger charge is -2.38. The lowest BCUT2D eigenvalue weighted by Crippen LogP contribution is -2.50. The van der Waals surface area contributed by atoms with Crippen LogP contribution < -0.4 is 20.9 Å². The molecule has 0 saturated carbocycles. The molecule has 12 nitrogen and oxygen atoms in total. The van der Waals surface area contributed by atoms with Crippen LogP contribution in [-0.2, 0) is 18.4 Å². The maximum Gasteiger partial charge on any atom is 0.255 e. The van der Waals surface area contributed by atoms with Crippen LogP contribution >= 0.6 is 0 Å². The van der Waals surface area contributed by atoms with E-state index in [1.165, 1.54) is 11.6 Å². The summed E-state index contributed by atoms with van der Waals surface area (Å²) in [6, 6.07) is 17.7. The second-order valence-corrected chi connectivity index (χ2v) is 16.4. The zero-order chi connectivity index (χ0) is 39.2. The van der Waals surface area contributed by atoms with E-state index in [1.807, 2.05) is 19.3 Å². The minimum atomic E-state index is -0.475. The molecule has 2 aromatic heterocycles. The Bertz CT molecular complexity index is 2290. The Morgan fingerprint density at radius 1 is 0.912 bits per heavy atom. The van der Waals surface area contributed by atoms with Crippen molar-refractivity contribution >= 4 is 51.7 Å². The molecule has 4 aliphatic heterocycles. The summed E-state index contributed by atoms with van der Waals surface area (Å²) < 4.78 is 17.2. The molecule has 296 valence electrons. The molecule has 0 aliphatic carbocycles. The Labute approximate surface area is 332 Å². The smallest absolute Gasteiger partial charge is 0.255 e. The normalized spacial score (nSPS) is 19.6. The number of rotatable bonds is 9. The number of nitrogens with one attached hydrogen (secondary N) is 3. The fraction of sp³-hybridized carbons (Fsp3) is 0.432. The molecule has 0 radical (unpaired) electrons. The van der Waals surface area contributed by atoms with Crippen molar-refractivity contribution in [2.75, 3.05) is 54.8 Å². The number of aromatic nitrogens is 4. The first kappa shape index (κ1) is 37.0. The molecule has 0 bridgehead atoms. The lowest BCUT2D eigenvalue weighted by molar-refractivity contribution is -0.127. The van der Waals surface area contributed by atoms with Gasteiger partial charge in [0, 0.05) is 62.9 Å². The highest BCUT2D eigenvalue weighted by Gasteiger charge is 2.38. The fourth-order valence-electron chi connectivity index (χ4n) is 9.35. The van der Waals surface area contributed by atoms with Crippen LogP contribution in [0.1, 0.15) is 77.1 Å². The first-order valence-electron chi connectivity index (χ1n) is 20.5. The van der Waals surface area contributed by atoms with Gasteiger partial charge in [0.15, 0.2) is 11.5 Å². The van der Waals surface area contributed by atoms with Gasteiger partial charge in [-0.25, -0.2) is 14.1 Å². The van der Waals surface area contributed by atoms with Crippen molar-refractivity contribution in [1.82, 2.24) is 34.9 Å². The Hall–Kier alpha value is -5.56. The predicted octanol–water partition coefficient (Wildman–Crippen LogP) is 6.94. The van der Waals surface area contributed by atoms with Crippen LogP contribution in [-0.4, -0.2) is 86.7 Å². The molecule has 3 saturated heterocycles. The quantitative estimate of drug-likeness (QED) is 0.146. The number of likely N-dealkylation sites (tertiary alicyclic amines) is 1. The number of amides is 2. The van der Waals surface area contributed by atoms with Crippen molar-refractivity contribution in [1.29, 1.82) is 0 Å². The minimum absolute atomic E-state index is 0.110. The highest BCUT2D eigenvalue weighted by molar-refractivity contribution is 6.01. The molecule has 6 heterocycles. The van der Waals surface area contributed by atoms with Crippen LogP contribution in [0.15, 0.2) is 60.8 Å². The van der Waals surface area contributed by atoms with Gasteiger partial charge in [0.1, 0.15) is 11.9 Å². The largest absolute Gasteiger partial charge is 0.369 e. The van der Waals surface area contributed by atoms with E-state index < -0.39 is 6.04 Å². The van der Waals surface area contributed by atoms with Gasteiger partial charge in [-0.15, -0.1) is 0 Å². The summed E-state index contributed by atoms with van der Waals surface area (Å²) in [5, 5.41) is 15.3. The Kier molecular flexibility index (Phi) is 10.0. The van der Waals surface area contributed by atoms with E-state index in [-0.39, 0.29) is 17.6 Å². The molecule has 3 N–H and O–H groups in total. The molecular weight excluding hydrogens is 720 g/mol. The third-order valence-electron chi connectivity index (χ3n) is 12.6. The molecule has 1 unspecified atom stereocenters. The number of benzene rings is 3. The number of hydrogen-bond acceptors (Lipinski definition) is 9. The maximum absolute atomic E-state index is 15.4. The Morgan fingerprint density at radius 2 is 1.67 bits per heavy atom. The van der Waals surface area contributed by atoms with Crippen LogP contribution in [0.4, 0.5) is 33.2 Å². The summed E-state index contributed by atoms with van der Waals surface area (Å²) in [5.41, 5.74) is 8.22. The molecule has 3 fully saturated rings. The van der Waals surface area contributed by atoms with Gasteiger partial charge in [-0.3, -0.25) is 9.59 Å². The van der Waals surface area contributed by atoms with Gasteiger partial charge in [-0.2, -0.15) is 10.1 Å². The van der Waals surface area contributed by atoms with Crippen LogP contribution in [0.5, 0.6) is 0 Å². The summed E-state index contributed by atoms with van der Waals surface area (Å²) in [7, 11) is 1.90. The van der Waals surface area contributed by atoms with Crippen molar-refractivity contribution in [3.05, 3.63) is 94.4 Å². The molecule has 9 rings (SSSR count). The first-order chi connectivity index (χ1) is 27.7. The zero-order valence-corrected chi connectivity index (χ0v) is 33.0. The number of aryl methyl sites for hydroxylation is 3. The van der Waals surface area contributed by atoms with Gasteiger partial charge >= 0.3 is 0 Å². The number of fused-ring (bicyclic) bond motifs is 2. The molecular formula is C44H51FN10O2. The number of carbonyl (C=O) groups excluding carboxylic acids is 2. The highest BCUT2D eigenvalue weighted by Crippen LogP contribution is 2.36. The summed E-state index contributed by atoms with van der Waals surface area (Å²) in [5.74, 6) is 1.67. The Morgan fingerprint density at radius 3 is 2.40 bits per heavy atom. The van der Waals surface area contributed by atoms with Gasteiger partial charge in [0.2, 0.25) is 11.9 Å². The SMILES string of the molecule is Cc1cccc(C)c1Nc1nn(C)c2nc(Nc3ccc(C4CCN(CC5CCN(c6cc7c(cc6F)C(=O)N(C6CCCNC6=O)C7)CC5)CC4)cc3)ncc12. The molecule has 57 heavy (non-hydrogen) atoms. The van der Waals surface area contributed by atoms with E-state index in [2.05, 4.69) is 87.0 Å². The molecule has 13 heteroatoms. The molecule has 4 aliphatic rings. The van der Waals surface area contributed by atoms with Gasteiger partial charge in [-0.1, -0.05) is 30.3 Å². The van der Waals surface area contributed by atoms with Gasteiger partial charge in [0.05, 0.1) is 11.1 Å². The number of hydrogen-bond donors (Lipinski definition) is 3. The van der Waals surface area contributed by atoms with Crippen LogP contribution in [0.3, 0.4) is 0 Å². The van der Waals surface area contributed by atoms with Gasteiger partial charge in [0.25, 0.3) is 5.91 Å². The Balaban J connectivity index is 0.750. The lowest BCUT2D eigenvalue weighted by atomic mass is 9.88. The number of halogens is 1. The molecule has 2 amide bonds. The van der Waals surface area contributed by atoms with Crippen molar-refractivity contribution < 1.29 is 14.0 Å². The van der Waals surface area contributed by atoms with Crippen molar-refractivity contribution in [3.8, 4) is 0 Å². The van der Waals surface area contributed by atoms with E-state index >= 15 is 4.39 Å². The molecule has 0 spiro atoms.